The van der Waals surface area contributed by atoms with Crippen molar-refractivity contribution in [3.05, 3.63) is 52.8 Å². The number of aryl methyl sites for hydroxylation is 1. The van der Waals surface area contributed by atoms with Crippen LogP contribution in [0.15, 0.2) is 30.3 Å². The van der Waals surface area contributed by atoms with Gasteiger partial charge in [-0.25, -0.2) is 4.79 Å². The molecule has 0 aliphatic rings. The third-order valence-electron chi connectivity index (χ3n) is 4.28. The monoisotopic (exact) mass is 356 g/mol. The van der Waals surface area contributed by atoms with Crippen molar-refractivity contribution in [3.63, 3.8) is 0 Å². The van der Waals surface area contributed by atoms with Gasteiger partial charge in [0, 0.05) is 23.5 Å². The van der Waals surface area contributed by atoms with Crippen molar-refractivity contribution < 1.29 is 19.1 Å². The van der Waals surface area contributed by atoms with Crippen LogP contribution in [0.1, 0.15) is 52.9 Å². The molecule has 2 aromatic rings. The number of aromatic amines is 1. The maximum Gasteiger partial charge on any atom is 0.355 e. The van der Waals surface area contributed by atoms with E-state index in [1.54, 1.807) is 25.7 Å². The van der Waals surface area contributed by atoms with Crippen LogP contribution in [-0.2, 0) is 9.53 Å². The van der Waals surface area contributed by atoms with Crippen molar-refractivity contribution in [2.24, 2.45) is 0 Å². The lowest BCUT2D eigenvalue weighted by Crippen LogP contribution is -2.40. The fourth-order valence-electron chi connectivity index (χ4n) is 3.05. The number of likely N-dealkylation sites (N-methyl/N-ethyl adjacent to an activating group) is 1. The first-order chi connectivity index (χ1) is 12.3. The van der Waals surface area contributed by atoms with Gasteiger partial charge in [-0.05, 0) is 52.3 Å². The number of aromatic nitrogens is 1. The minimum atomic E-state index is -0.952. The molecule has 26 heavy (non-hydrogen) atoms. The molecular weight excluding hydrogens is 332 g/mol. The smallest absolute Gasteiger partial charge is 0.355 e. The summed E-state index contributed by atoms with van der Waals surface area (Å²) in [7, 11) is 0. The number of nitrogens with zero attached hydrogens (tertiary/aromatic N) is 1. The number of amides is 1. The van der Waals surface area contributed by atoms with E-state index in [1.807, 2.05) is 37.3 Å². The Morgan fingerprint density at radius 3 is 2.27 bits per heavy atom. The number of para-hydroxylation sites is 1. The number of anilines is 1. The fraction of sp³-hybridized carbons (Fsp3) is 0.350. The van der Waals surface area contributed by atoms with E-state index in [0.717, 1.165) is 5.69 Å². The largest absolute Gasteiger partial charge is 0.448 e. The molecule has 0 aliphatic heterocycles. The highest BCUT2D eigenvalue weighted by Crippen LogP contribution is 2.20. The number of H-pyrrole nitrogens is 1. The number of carbonyl (C=O) groups excluding carboxylic acids is 3. The van der Waals surface area contributed by atoms with Gasteiger partial charge in [0.15, 0.2) is 11.9 Å². The molecule has 0 aliphatic carbocycles. The first-order valence-electron chi connectivity index (χ1n) is 8.55. The Morgan fingerprint density at radius 1 is 1.15 bits per heavy atom. The number of carbonyl (C=O) groups is 3. The van der Waals surface area contributed by atoms with Crippen LogP contribution in [0.4, 0.5) is 5.69 Å². The molecule has 138 valence electrons. The van der Waals surface area contributed by atoms with E-state index in [2.05, 4.69) is 4.98 Å². The predicted molar refractivity (Wildman–Crippen MR) is 99.6 cm³/mol. The second-order valence-electron chi connectivity index (χ2n) is 6.15. The van der Waals surface area contributed by atoms with Crippen molar-refractivity contribution in [3.8, 4) is 0 Å². The molecule has 1 aromatic heterocycles. The highest BCUT2D eigenvalue weighted by atomic mass is 16.5. The summed E-state index contributed by atoms with van der Waals surface area (Å²) in [5.41, 5.74) is 2.58. The summed E-state index contributed by atoms with van der Waals surface area (Å²) in [4.78, 5) is 41.3. The Morgan fingerprint density at radius 2 is 1.77 bits per heavy atom. The highest BCUT2D eigenvalue weighted by Gasteiger charge is 2.27. The van der Waals surface area contributed by atoms with Crippen molar-refractivity contribution in [2.45, 2.75) is 40.7 Å². The van der Waals surface area contributed by atoms with E-state index in [0.29, 0.717) is 23.4 Å². The molecule has 2 rings (SSSR count). The molecule has 0 saturated heterocycles. The molecule has 0 fully saturated rings. The third-order valence-corrected chi connectivity index (χ3v) is 4.28. The maximum absolute atomic E-state index is 12.7. The van der Waals surface area contributed by atoms with Crippen molar-refractivity contribution in [1.29, 1.82) is 0 Å². The number of ketones is 1. The van der Waals surface area contributed by atoms with Gasteiger partial charge in [0.25, 0.3) is 5.91 Å². The third kappa shape index (κ3) is 3.85. The van der Waals surface area contributed by atoms with Crippen molar-refractivity contribution in [2.75, 3.05) is 11.4 Å². The Balaban J connectivity index is 2.17. The zero-order valence-corrected chi connectivity index (χ0v) is 15.8. The molecule has 0 bridgehead atoms. The van der Waals surface area contributed by atoms with Crippen LogP contribution in [0.2, 0.25) is 0 Å². The molecule has 1 atom stereocenters. The number of benzene rings is 1. The SMILES string of the molecule is CCN(C(=O)[C@@H](C)OC(=O)c1[nH]c(C)c(C(C)=O)c1C)c1ccccc1. The Labute approximate surface area is 153 Å². The Kier molecular flexibility index (Phi) is 5.97. The number of hydrogen-bond acceptors (Lipinski definition) is 4. The summed E-state index contributed by atoms with van der Waals surface area (Å²) < 4.78 is 5.36. The topological polar surface area (TPSA) is 79.5 Å². The maximum atomic E-state index is 12.7. The van der Waals surface area contributed by atoms with Crippen LogP contribution in [0.3, 0.4) is 0 Å². The molecule has 0 spiro atoms. The van der Waals surface area contributed by atoms with Gasteiger partial charge in [0.05, 0.1) is 0 Å². The predicted octanol–water partition coefficient (Wildman–Crippen LogP) is 3.43. The van der Waals surface area contributed by atoms with Crippen LogP contribution in [-0.4, -0.2) is 35.3 Å². The van der Waals surface area contributed by atoms with E-state index >= 15 is 0 Å². The zero-order valence-electron chi connectivity index (χ0n) is 15.8. The molecule has 0 saturated carbocycles. The summed E-state index contributed by atoms with van der Waals surface area (Å²) in [6.07, 6.45) is -0.952. The molecule has 1 N–H and O–H groups in total. The zero-order chi connectivity index (χ0) is 19.4. The lowest BCUT2D eigenvalue weighted by atomic mass is 10.1. The van der Waals surface area contributed by atoms with Gasteiger partial charge in [-0.15, -0.1) is 0 Å². The van der Waals surface area contributed by atoms with Crippen LogP contribution in [0.5, 0.6) is 0 Å². The van der Waals surface area contributed by atoms with Gasteiger partial charge in [-0.3, -0.25) is 9.59 Å². The van der Waals surface area contributed by atoms with Crippen LogP contribution >= 0.6 is 0 Å². The number of hydrogen-bond donors (Lipinski definition) is 1. The van der Waals surface area contributed by atoms with Gasteiger partial charge in [-0.1, -0.05) is 18.2 Å². The first-order valence-corrected chi connectivity index (χ1v) is 8.55. The van der Waals surface area contributed by atoms with E-state index in [-0.39, 0.29) is 17.4 Å². The average molecular weight is 356 g/mol. The van der Waals surface area contributed by atoms with Gasteiger partial charge in [0.2, 0.25) is 0 Å². The lowest BCUT2D eigenvalue weighted by Gasteiger charge is -2.24. The highest BCUT2D eigenvalue weighted by molar-refractivity contribution is 6.02. The van der Waals surface area contributed by atoms with E-state index in [4.69, 9.17) is 4.74 Å². The van der Waals surface area contributed by atoms with Gasteiger partial charge in [-0.2, -0.15) is 0 Å². The second kappa shape index (κ2) is 7.99. The molecule has 6 nitrogen and oxygen atoms in total. The molecule has 1 heterocycles. The molecule has 0 radical (unpaired) electrons. The Hall–Kier alpha value is -2.89. The molecule has 6 heteroatoms. The van der Waals surface area contributed by atoms with Crippen molar-refractivity contribution >= 4 is 23.3 Å². The second-order valence-corrected chi connectivity index (χ2v) is 6.15. The Bertz CT molecular complexity index is 824. The fourth-order valence-corrected chi connectivity index (χ4v) is 3.05. The number of esters is 1. The van der Waals surface area contributed by atoms with Crippen LogP contribution < -0.4 is 4.90 Å². The van der Waals surface area contributed by atoms with E-state index in [9.17, 15) is 14.4 Å². The minimum absolute atomic E-state index is 0.124. The standard InChI is InChI=1S/C20H24N2O4/c1-6-22(16-10-8-7-9-11-16)19(24)15(5)26-20(25)18-12(2)17(14(4)23)13(3)21-18/h7-11,15,21H,6H2,1-5H3/t15-/m1/s1. The number of rotatable bonds is 6. The molecule has 0 unspecified atom stereocenters. The average Bonchev–Trinajstić information content (AvgIpc) is 2.91. The van der Waals surface area contributed by atoms with Gasteiger partial charge in [0.1, 0.15) is 5.69 Å². The number of Topliss-reactive ketones (excluding diaryl/α,β-unsaturated/α-hetero) is 1. The minimum Gasteiger partial charge on any atom is -0.448 e. The summed E-state index contributed by atoms with van der Waals surface area (Å²) in [6.45, 7) is 8.72. The van der Waals surface area contributed by atoms with E-state index in [1.165, 1.54) is 6.92 Å². The van der Waals surface area contributed by atoms with Crippen LogP contribution in [0.25, 0.3) is 0 Å². The molecule has 1 aromatic carbocycles. The number of ether oxygens (including phenoxy) is 1. The number of nitrogens with one attached hydrogen (secondary N) is 1. The summed E-state index contributed by atoms with van der Waals surface area (Å²) in [6, 6.07) is 9.21. The van der Waals surface area contributed by atoms with E-state index < -0.39 is 12.1 Å². The van der Waals surface area contributed by atoms with Crippen LogP contribution in [0, 0.1) is 13.8 Å². The van der Waals surface area contributed by atoms with Gasteiger partial charge >= 0.3 is 5.97 Å². The lowest BCUT2D eigenvalue weighted by molar-refractivity contribution is -0.126. The summed E-state index contributed by atoms with van der Waals surface area (Å²) in [5, 5.41) is 0. The first kappa shape index (κ1) is 19.4. The van der Waals surface area contributed by atoms with Gasteiger partial charge < -0.3 is 14.6 Å². The quantitative estimate of drug-likeness (QED) is 0.635. The molecule has 1 amide bonds. The summed E-state index contributed by atoms with van der Waals surface area (Å²) in [5.74, 6) is -1.08. The molecular formula is C20H24N2O4. The summed E-state index contributed by atoms with van der Waals surface area (Å²) >= 11 is 0. The van der Waals surface area contributed by atoms with Crippen molar-refractivity contribution in [1.82, 2.24) is 4.98 Å². The normalized spacial score (nSPS) is 11.7.